The second-order valence-electron chi connectivity index (χ2n) is 5.84. The van der Waals surface area contributed by atoms with Crippen molar-refractivity contribution in [2.24, 2.45) is 0 Å². The minimum absolute atomic E-state index is 0.155. The van der Waals surface area contributed by atoms with Gasteiger partial charge in [0.25, 0.3) is 0 Å². The molecular formula is C19H20BrFN2O3. The first-order valence-corrected chi connectivity index (χ1v) is 8.95. The number of carbonyl (C=O) groups is 1. The van der Waals surface area contributed by atoms with Gasteiger partial charge in [0.05, 0.1) is 42.0 Å². The summed E-state index contributed by atoms with van der Waals surface area (Å²) in [6.07, 6.45) is 0.678. The van der Waals surface area contributed by atoms with Crippen molar-refractivity contribution in [1.82, 2.24) is 5.32 Å². The van der Waals surface area contributed by atoms with E-state index in [0.29, 0.717) is 39.0 Å². The number of methoxy groups -OCH3 is 1. The number of dihydropyridines is 1. The molecule has 0 amide bonds. The van der Waals surface area contributed by atoms with Crippen LogP contribution in [-0.4, -0.2) is 26.3 Å². The first kappa shape index (κ1) is 20.1. The SMILES string of the molecule is CCCOC(=O)C1=C(COC)NC(C)=C(C#N)C1c1ccc(F)cc1Br. The van der Waals surface area contributed by atoms with Gasteiger partial charge in [0.15, 0.2) is 0 Å². The average Bonchev–Trinajstić information content (AvgIpc) is 2.59. The van der Waals surface area contributed by atoms with E-state index in [1.807, 2.05) is 6.92 Å². The van der Waals surface area contributed by atoms with Gasteiger partial charge in [-0.25, -0.2) is 9.18 Å². The monoisotopic (exact) mass is 422 g/mol. The maximum Gasteiger partial charge on any atom is 0.336 e. The fraction of sp³-hybridized carbons (Fsp3) is 0.368. The molecule has 1 aromatic rings. The Balaban J connectivity index is 2.66. The van der Waals surface area contributed by atoms with Gasteiger partial charge in [-0.15, -0.1) is 0 Å². The Morgan fingerprint density at radius 2 is 2.19 bits per heavy atom. The number of rotatable bonds is 6. The van der Waals surface area contributed by atoms with E-state index in [-0.39, 0.29) is 13.2 Å². The van der Waals surface area contributed by atoms with Crippen molar-refractivity contribution in [3.8, 4) is 6.07 Å². The first-order chi connectivity index (χ1) is 12.4. The molecule has 0 radical (unpaired) electrons. The van der Waals surface area contributed by atoms with Gasteiger partial charge < -0.3 is 14.8 Å². The highest BCUT2D eigenvalue weighted by Crippen LogP contribution is 2.41. The number of hydrogen-bond acceptors (Lipinski definition) is 5. The van der Waals surface area contributed by atoms with Crippen LogP contribution in [0.3, 0.4) is 0 Å². The van der Waals surface area contributed by atoms with E-state index in [4.69, 9.17) is 9.47 Å². The zero-order valence-corrected chi connectivity index (χ0v) is 16.4. The molecule has 1 aliphatic heterocycles. The van der Waals surface area contributed by atoms with Crippen LogP contribution < -0.4 is 5.32 Å². The third-order valence-electron chi connectivity index (χ3n) is 3.98. The van der Waals surface area contributed by atoms with Crippen LogP contribution in [0.1, 0.15) is 31.7 Å². The molecule has 0 fully saturated rings. The largest absolute Gasteiger partial charge is 0.462 e. The number of benzene rings is 1. The maximum absolute atomic E-state index is 13.5. The Kier molecular flexibility index (Phi) is 6.95. The number of nitrogens with one attached hydrogen (secondary N) is 1. The van der Waals surface area contributed by atoms with E-state index in [0.717, 1.165) is 0 Å². The summed E-state index contributed by atoms with van der Waals surface area (Å²) in [6, 6.07) is 6.35. The van der Waals surface area contributed by atoms with Crippen LogP contribution in [0.15, 0.2) is 45.2 Å². The van der Waals surface area contributed by atoms with Gasteiger partial charge in [-0.05, 0) is 31.0 Å². The van der Waals surface area contributed by atoms with Crippen LogP contribution in [-0.2, 0) is 14.3 Å². The number of ether oxygens (including phenoxy) is 2. The summed E-state index contributed by atoms with van der Waals surface area (Å²) in [7, 11) is 1.52. The van der Waals surface area contributed by atoms with E-state index in [1.54, 1.807) is 13.0 Å². The second kappa shape index (κ2) is 8.97. The molecule has 1 N–H and O–H groups in total. The van der Waals surface area contributed by atoms with E-state index >= 15 is 0 Å². The molecule has 1 atom stereocenters. The fourth-order valence-electron chi connectivity index (χ4n) is 2.86. The maximum atomic E-state index is 13.5. The molecule has 5 nitrogen and oxygen atoms in total. The van der Waals surface area contributed by atoms with Crippen LogP contribution in [0.2, 0.25) is 0 Å². The number of allylic oxidation sites excluding steroid dienone is 2. The average molecular weight is 423 g/mol. The van der Waals surface area contributed by atoms with Gasteiger partial charge in [-0.2, -0.15) is 5.26 Å². The van der Waals surface area contributed by atoms with Crippen molar-refractivity contribution in [1.29, 1.82) is 5.26 Å². The van der Waals surface area contributed by atoms with Crippen LogP contribution in [0.4, 0.5) is 4.39 Å². The minimum atomic E-state index is -0.675. The fourth-order valence-corrected chi connectivity index (χ4v) is 3.44. The Bertz CT molecular complexity index is 811. The molecule has 0 aliphatic carbocycles. The zero-order valence-electron chi connectivity index (χ0n) is 14.9. The summed E-state index contributed by atoms with van der Waals surface area (Å²) < 4.78 is 24.6. The molecule has 138 valence electrons. The highest BCUT2D eigenvalue weighted by molar-refractivity contribution is 9.10. The third kappa shape index (κ3) is 4.14. The summed E-state index contributed by atoms with van der Waals surface area (Å²) >= 11 is 3.35. The Labute approximate surface area is 160 Å². The predicted molar refractivity (Wildman–Crippen MR) is 98.4 cm³/mol. The van der Waals surface area contributed by atoms with E-state index in [1.165, 1.54) is 19.2 Å². The number of halogens is 2. The molecular weight excluding hydrogens is 403 g/mol. The minimum Gasteiger partial charge on any atom is -0.462 e. The van der Waals surface area contributed by atoms with Crippen LogP contribution in [0.25, 0.3) is 0 Å². The predicted octanol–water partition coefficient (Wildman–Crippen LogP) is 3.93. The molecule has 1 heterocycles. The van der Waals surface area contributed by atoms with Crippen molar-refractivity contribution in [3.05, 3.63) is 56.6 Å². The highest BCUT2D eigenvalue weighted by atomic mass is 79.9. The third-order valence-corrected chi connectivity index (χ3v) is 4.67. The molecule has 0 saturated carbocycles. The summed E-state index contributed by atoms with van der Waals surface area (Å²) in [4.78, 5) is 12.8. The molecule has 0 aromatic heterocycles. The highest BCUT2D eigenvalue weighted by Gasteiger charge is 2.36. The molecule has 7 heteroatoms. The molecule has 1 unspecified atom stereocenters. The summed E-state index contributed by atoms with van der Waals surface area (Å²) in [5.74, 6) is -1.61. The number of nitrogens with zero attached hydrogens (tertiary/aromatic N) is 1. The Morgan fingerprint density at radius 3 is 2.77 bits per heavy atom. The lowest BCUT2D eigenvalue weighted by atomic mass is 9.81. The smallest absolute Gasteiger partial charge is 0.336 e. The van der Waals surface area contributed by atoms with E-state index in [9.17, 15) is 14.4 Å². The van der Waals surface area contributed by atoms with Gasteiger partial charge >= 0.3 is 5.97 Å². The molecule has 1 aromatic carbocycles. The van der Waals surface area contributed by atoms with Crippen molar-refractivity contribution in [2.75, 3.05) is 20.3 Å². The lowest BCUT2D eigenvalue weighted by Gasteiger charge is -2.30. The molecule has 2 rings (SSSR count). The summed E-state index contributed by atoms with van der Waals surface area (Å²) in [5, 5.41) is 12.8. The van der Waals surface area contributed by atoms with Gasteiger partial charge in [0, 0.05) is 17.3 Å². The summed E-state index contributed by atoms with van der Waals surface area (Å²) in [5.41, 5.74) is 2.44. The lowest BCUT2D eigenvalue weighted by Crippen LogP contribution is -2.32. The molecule has 0 bridgehead atoms. The van der Waals surface area contributed by atoms with Gasteiger partial charge in [0.2, 0.25) is 0 Å². The van der Waals surface area contributed by atoms with Crippen LogP contribution in [0, 0.1) is 17.1 Å². The number of hydrogen-bond donors (Lipinski definition) is 1. The number of carbonyl (C=O) groups excluding carboxylic acids is 1. The molecule has 0 spiro atoms. The lowest BCUT2D eigenvalue weighted by molar-refractivity contribution is -0.139. The van der Waals surface area contributed by atoms with Gasteiger partial charge in [0.1, 0.15) is 5.82 Å². The van der Waals surface area contributed by atoms with Gasteiger partial charge in [-0.3, -0.25) is 0 Å². The Hall–Kier alpha value is -2.17. The van der Waals surface area contributed by atoms with E-state index < -0.39 is 17.7 Å². The molecule has 0 saturated heterocycles. The first-order valence-electron chi connectivity index (χ1n) is 8.16. The van der Waals surface area contributed by atoms with Gasteiger partial charge in [-0.1, -0.05) is 28.9 Å². The van der Waals surface area contributed by atoms with E-state index in [2.05, 4.69) is 27.3 Å². The quantitative estimate of drug-likeness (QED) is 0.703. The van der Waals surface area contributed by atoms with Crippen molar-refractivity contribution in [2.45, 2.75) is 26.2 Å². The molecule has 26 heavy (non-hydrogen) atoms. The van der Waals surface area contributed by atoms with Crippen LogP contribution in [0.5, 0.6) is 0 Å². The van der Waals surface area contributed by atoms with Crippen LogP contribution >= 0.6 is 15.9 Å². The second-order valence-corrected chi connectivity index (χ2v) is 6.69. The summed E-state index contributed by atoms with van der Waals surface area (Å²) in [6.45, 7) is 4.08. The normalized spacial score (nSPS) is 17.0. The number of nitriles is 1. The van der Waals surface area contributed by atoms with Crippen molar-refractivity contribution < 1.29 is 18.7 Å². The van der Waals surface area contributed by atoms with Crippen molar-refractivity contribution in [3.63, 3.8) is 0 Å². The zero-order chi connectivity index (χ0) is 19.3. The van der Waals surface area contributed by atoms with Crippen molar-refractivity contribution >= 4 is 21.9 Å². The Morgan fingerprint density at radius 1 is 1.46 bits per heavy atom. The standard InChI is InChI=1S/C19H20BrFN2O3/c1-4-7-26-19(24)18-16(10-25-3)23-11(2)14(9-22)17(18)13-6-5-12(21)8-15(13)20/h5-6,8,17,23H,4,7,10H2,1-3H3. The number of esters is 1. The topological polar surface area (TPSA) is 71.3 Å². The molecule has 1 aliphatic rings.